The molecule has 0 spiro atoms. The summed E-state index contributed by atoms with van der Waals surface area (Å²) < 4.78 is 1.03. The van der Waals surface area contributed by atoms with Crippen LogP contribution in [0.1, 0.15) is 21.6 Å². The van der Waals surface area contributed by atoms with Crippen molar-refractivity contribution in [3.63, 3.8) is 0 Å². The van der Waals surface area contributed by atoms with Crippen molar-refractivity contribution >= 4 is 49.2 Å². The summed E-state index contributed by atoms with van der Waals surface area (Å²) in [5.41, 5.74) is 4.50. The van der Waals surface area contributed by atoms with Crippen molar-refractivity contribution in [2.75, 3.05) is 5.32 Å². The molecule has 4 aromatic rings. The maximum absolute atomic E-state index is 12.6. The largest absolute Gasteiger partial charge is 0.322 e. The van der Waals surface area contributed by atoms with Crippen molar-refractivity contribution in [3.05, 3.63) is 82.0 Å². The molecule has 0 aliphatic carbocycles. The fourth-order valence-electron chi connectivity index (χ4n) is 3.02. The summed E-state index contributed by atoms with van der Waals surface area (Å²) in [7, 11) is 0. The quantitative estimate of drug-likeness (QED) is 0.443. The first-order valence-corrected chi connectivity index (χ1v) is 9.17. The Morgan fingerprint density at radius 1 is 0.885 bits per heavy atom. The van der Waals surface area contributed by atoms with E-state index in [2.05, 4.69) is 32.3 Å². The zero-order chi connectivity index (χ0) is 18.3. The molecular weight excluding hydrogens is 388 g/mol. The Balaban J connectivity index is 1.64. The molecule has 0 fully saturated rings. The minimum atomic E-state index is -0.119. The third kappa shape index (κ3) is 3.20. The fraction of sp³-hybridized carbons (Fsp3) is 0.0909. The molecule has 0 saturated carbocycles. The molecule has 0 bridgehead atoms. The molecule has 1 aromatic heterocycles. The highest BCUT2D eigenvalue weighted by Crippen LogP contribution is 2.23. The van der Waals surface area contributed by atoms with E-state index in [-0.39, 0.29) is 5.91 Å². The molecule has 3 aromatic carbocycles. The van der Waals surface area contributed by atoms with Crippen molar-refractivity contribution in [3.8, 4) is 0 Å². The van der Waals surface area contributed by atoms with E-state index in [9.17, 15) is 4.79 Å². The van der Waals surface area contributed by atoms with Crippen LogP contribution in [-0.4, -0.2) is 10.9 Å². The number of pyridine rings is 1. The summed E-state index contributed by atoms with van der Waals surface area (Å²) in [6.45, 7) is 4.04. The second kappa shape index (κ2) is 6.54. The number of hydrogen-bond acceptors (Lipinski definition) is 2. The van der Waals surface area contributed by atoms with E-state index in [1.54, 1.807) is 0 Å². The Bertz CT molecular complexity index is 1170. The molecule has 3 nitrogen and oxygen atoms in total. The molecule has 1 N–H and O–H groups in total. The van der Waals surface area contributed by atoms with Crippen LogP contribution in [0, 0.1) is 13.8 Å². The molecule has 0 unspecified atom stereocenters. The number of amides is 1. The van der Waals surface area contributed by atoms with E-state index < -0.39 is 0 Å². The van der Waals surface area contributed by atoms with Gasteiger partial charge in [-0.2, -0.15) is 0 Å². The van der Waals surface area contributed by atoms with Gasteiger partial charge in [-0.3, -0.25) is 9.78 Å². The number of nitrogens with zero attached hydrogens (tertiary/aromatic N) is 1. The van der Waals surface area contributed by atoms with Gasteiger partial charge >= 0.3 is 0 Å². The molecule has 26 heavy (non-hydrogen) atoms. The van der Waals surface area contributed by atoms with Crippen LogP contribution in [-0.2, 0) is 0 Å². The molecule has 4 heteroatoms. The summed E-state index contributed by atoms with van der Waals surface area (Å²) in [5, 5.41) is 6.14. The molecule has 128 valence electrons. The van der Waals surface area contributed by atoms with Crippen LogP contribution >= 0.6 is 15.9 Å². The number of carbonyl (C=O) groups is 1. The predicted octanol–water partition coefficient (Wildman–Crippen LogP) is 6.02. The van der Waals surface area contributed by atoms with Gasteiger partial charge in [-0.25, -0.2) is 0 Å². The third-order valence-corrected chi connectivity index (χ3v) is 5.07. The van der Waals surface area contributed by atoms with E-state index in [4.69, 9.17) is 0 Å². The minimum absolute atomic E-state index is 0.119. The van der Waals surface area contributed by atoms with E-state index in [1.807, 2.05) is 68.4 Å². The lowest BCUT2D eigenvalue weighted by atomic mass is 10.1. The normalized spacial score (nSPS) is 11.0. The number of anilines is 1. The fourth-order valence-corrected chi connectivity index (χ4v) is 3.40. The molecule has 0 saturated heterocycles. The van der Waals surface area contributed by atoms with Crippen LogP contribution in [0.3, 0.4) is 0 Å². The van der Waals surface area contributed by atoms with Crippen LogP contribution in [0.25, 0.3) is 21.7 Å². The molecule has 0 aliphatic rings. The van der Waals surface area contributed by atoms with Gasteiger partial charge in [0.25, 0.3) is 5.91 Å². The summed E-state index contributed by atoms with van der Waals surface area (Å²) >= 11 is 3.47. The van der Waals surface area contributed by atoms with Gasteiger partial charge < -0.3 is 5.32 Å². The molecule has 0 radical (unpaired) electrons. The number of hydrogen-bond donors (Lipinski definition) is 1. The summed E-state index contributed by atoms with van der Waals surface area (Å²) in [6, 6.07) is 19.6. The maximum atomic E-state index is 12.6. The van der Waals surface area contributed by atoms with Gasteiger partial charge in [0.15, 0.2) is 0 Å². The zero-order valence-electron chi connectivity index (χ0n) is 14.5. The lowest BCUT2D eigenvalue weighted by Crippen LogP contribution is -2.11. The maximum Gasteiger partial charge on any atom is 0.255 e. The number of aryl methyl sites for hydroxylation is 2. The SMILES string of the molecule is Cc1cc2cc(NC(=O)c3ccc4cc(Br)ccc4c3)ccc2nc1C. The summed E-state index contributed by atoms with van der Waals surface area (Å²) in [5.74, 6) is -0.119. The van der Waals surface area contributed by atoms with Gasteiger partial charge in [0.1, 0.15) is 0 Å². The van der Waals surface area contributed by atoms with Crippen LogP contribution in [0.5, 0.6) is 0 Å². The van der Waals surface area contributed by atoms with Gasteiger partial charge in [0, 0.05) is 26.8 Å². The van der Waals surface area contributed by atoms with E-state index in [1.165, 1.54) is 0 Å². The van der Waals surface area contributed by atoms with E-state index in [0.29, 0.717) is 5.56 Å². The first kappa shape index (κ1) is 16.7. The Labute approximate surface area is 160 Å². The summed E-state index contributed by atoms with van der Waals surface area (Å²) in [6.07, 6.45) is 0. The first-order chi connectivity index (χ1) is 12.5. The number of benzene rings is 3. The van der Waals surface area contributed by atoms with Crippen LogP contribution in [0.4, 0.5) is 5.69 Å². The van der Waals surface area contributed by atoms with E-state index >= 15 is 0 Å². The monoisotopic (exact) mass is 404 g/mol. The topological polar surface area (TPSA) is 42.0 Å². The molecule has 1 amide bonds. The Morgan fingerprint density at radius 2 is 1.65 bits per heavy atom. The number of carbonyl (C=O) groups excluding carboxylic acids is 1. The molecule has 0 aliphatic heterocycles. The lowest BCUT2D eigenvalue weighted by Gasteiger charge is -2.09. The average molecular weight is 405 g/mol. The Morgan fingerprint density at radius 3 is 2.50 bits per heavy atom. The standard InChI is InChI=1S/C22H17BrN2O/c1-13-9-18-12-20(7-8-21(18)24-14(13)2)25-22(26)17-4-3-16-11-19(23)6-5-15(16)10-17/h3-12H,1-2H3,(H,25,26). The van der Waals surface area contributed by atoms with Crippen LogP contribution < -0.4 is 5.32 Å². The zero-order valence-corrected chi connectivity index (χ0v) is 16.1. The van der Waals surface area contributed by atoms with Gasteiger partial charge in [-0.15, -0.1) is 0 Å². The summed E-state index contributed by atoms with van der Waals surface area (Å²) in [4.78, 5) is 17.2. The Hall–Kier alpha value is -2.72. The van der Waals surface area contributed by atoms with E-state index in [0.717, 1.165) is 43.1 Å². The second-order valence-electron chi connectivity index (χ2n) is 6.46. The highest BCUT2D eigenvalue weighted by atomic mass is 79.9. The van der Waals surface area contributed by atoms with Crippen molar-refractivity contribution in [1.82, 2.24) is 4.98 Å². The number of fused-ring (bicyclic) bond motifs is 2. The molecule has 0 atom stereocenters. The van der Waals surface area contributed by atoms with Crippen molar-refractivity contribution < 1.29 is 4.79 Å². The molecule has 4 rings (SSSR count). The lowest BCUT2D eigenvalue weighted by molar-refractivity contribution is 0.102. The minimum Gasteiger partial charge on any atom is -0.322 e. The number of aromatic nitrogens is 1. The molecular formula is C22H17BrN2O. The Kier molecular flexibility index (Phi) is 4.21. The van der Waals surface area contributed by atoms with Crippen LogP contribution in [0.2, 0.25) is 0 Å². The smallest absolute Gasteiger partial charge is 0.255 e. The van der Waals surface area contributed by atoms with Gasteiger partial charge in [0.05, 0.1) is 5.52 Å². The van der Waals surface area contributed by atoms with Gasteiger partial charge in [0.2, 0.25) is 0 Å². The first-order valence-electron chi connectivity index (χ1n) is 8.38. The number of nitrogens with one attached hydrogen (secondary N) is 1. The number of rotatable bonds is 2. The van der Waals surface area contributed by atoms with Crippen molar-refractivity contribution in [2.45, 2.75) is 13.8 Å². The van der Waals surface area contributed by atoms with Crippen molar-refractivity contribution in [1.29, 1.82) is 0 Å². The highest BCUT2D eigenvalue weighted by Gasteiger charge is 2.08. The van der Waals surface area contributed by atoms with Gasteiger partial charge in [-0.1, -0.05) is 28.1 Å². The van der Waals surface area contributed by atoms with Crippen molar-refractivity contribution in [2.24, 2.45) is 0 Å². The predicted molar refractivity (Wildman–Crippen MR) is 111 cm³/mol. The third-order valence-electron chi connectivity index (χ3n) is 4.58. The number of halogens is 1. The molecule has 1 heterocycles. The average Bonchev–Trinajstić information content (AvgIpc) is 2.62. The highest BCUT2D eigenvalue weighted by molar-refractivity contribution is 9.10. The second-order valence-corrected chi connectivity index (χ2v) is 7.37. The van der Waals surface area contributed by atoms with Gasteiger partial charge in [-0.05, 0) is 78.7 Å². The van der Waals surface area contributed by atoms with Crippen LogP contribution in [0.15, 0.2) is 65.1 Å².